The average Bonchev–Trinajstić information content (AvgIpc) is 3.12. The molecule has 180 valence electrons. The van der Waals surface area contributed by atoms with Crippen LogP contribution in [0.5, 0.6) is 0 Å². The molecule has 0 N–H and O–H groups in total. The van der Waals surface area contributed by atoms with E-state index in [1.165, 1.54) is 32.1 Å². The third kappa shape index (κ3) is 3.58. The van der Waals surface area contributed by atoms with Gasteiger partial charge in [0.15, 0.2) is 0 Å². The Bertz CT molecular complexity index is 743. The summed E-state index contributed by atoms with van der Waals surface area (Å²) in [5, 5.41) is 0. The molecule has 5 rings (SSSR count). The minimum atomic E-state index is 0.0477. The molecular formula is C28H45NO3. The predicted octanol–water partition coefficient (Wildman–Crippen LogP) is 5.84. The largest absolute Gasteiger partial charge is 0.449 e. The second-order valence-electron chi connectivity index (χ2n) is 12.8. The van der Waals surface area contributed by atoms with Crippen LogP contribution in [0.3, 0.4) is 0 Å². The Labute approximate surface area is 195 Å². The normalized spacial score (nSPS) is 49.1. The van der Waals surface area contributed by atoms with Gasteiger partial charge in [0.1, 0.15) is 12.5 Å². The zero-order valence-corrected chi connectivity index (χ0v) is 20.9. The second kappa shape index (κ2) is 8.40. The fraction of sp³-hybridized carbons (Fsp3) is 0.929. The zero-order chi connectivity index (χ0) is 22.7. The highest BCUT2D eigenvalue weighted by Gasteiger charge is 2.61. The minimum absolute atomic E-state index is 0.0477. The molecule has 5 fully saturated rings. The van der Waals surface area contributed by atoms with Crippen molar-refractivity contribution in [2.45, 2.75) is 104 Å². The topological polar surface area (TPSA) is 46.6 Å². The summed E-state index contributed by atoms with van der Waals surface area (Å²) >= 11 is 0. The Kier molecular flexibility index (Phi) is 6.00. The van der Waals surface area contributed by atoms with E-state index in [1.807, 2.05) is 0 Å². The van der Waals surface area contributed by atoms with Gasteiger partial charge in [0, 0.05) is 24.4 Å². The Morgan fingerprint density at radius 3 is 2.44 bits per heavy atom. The van der Waals surface area contributed by atoms with Crippen molar-refractivity contribution >= 4 is 11.8 Å². The van der Waals surface area contributed by atoms with Gasteiger partial charge in [0.25, 0.3) is 0 Å². The van der Waals surface area contributed by atoms with Crippen LogP contribution < -0.4 is 0 Å². The zero-order valence-electron chi connectivity index (χ0n) is 20.9. The molecule has 0 aromatic rings. The van der Waals surface area contributed by atoms with E-state index in [1.54, 1.807) is 0 Å². The Balaban J connectivity index is 1.24. The number of ketones is 1. The Morgan fingerprint density at radius 2 is 1.69 bits per heavy atom. The van der Waals surface area contributed by atoms with E-state index in [0.717, 1.165) is 62.8 Å². The fourth-order valence-corrected chi connectivity index (χ4v) is 9.26. The van der Waals surface area contributed by atoms with Gasteiger partial charge in [-0.25, -0.2) is 0 Å². The highest BCUT2D eigenvalue weighted by molar-refractivity contribution is 5.82. The maximum Gasteiger partial charge on any atom is 0.310 e. The molecule has 4 aliphatic carbocycles. The van der Waals surface area contributed by atoms with E-state index in [4.69, 9.17) is 4.74 Å². The van der Waals surface area contributed by atoms with Crippen molar-refractivity contribution in [3.63, 3.8) is 0 Å². The lowest BCUT2D eigenvalue weighted by Crippen LogP contribution is -2.59. The SMILES string of the molecule is CC1CCC(C(=O)OCN2CC[C@H]3[C@@H]4CCC5C(C)C(=O)CC[C@]5(C)[C@@H]4CC[C@@]32C)CC1. The molecule has 2 unspecified atom stereocenters. The molecule has 0 spiro atoms. The lowest BCUT2D eigenvalue weighted by atomic mass is 9.44. The average molecular weight is 444 g/mol. The third-order valence-corrected chi connectivity index (χ3v) is 11.5. The summed E-state index contributed by atoms with van der Waals surface area (Å²) in [6.45, 7) is 11.0. The Morgan fingerprint density at radius 1 is 0.938 bits per heavy atom. The third-order valence-electron chi connectivity index (χ3n) is 11.5. The van der Waals surface area contributed by atoms with Crippen LogP contribution in [0.2, 0.25) is 0 Å². The summed E-state index contributed by atoms with van der Waals surface area (Å²) in [5.41, 5.74) is 0.511. The van der Waals surface area contributed by atoms with Crippen LogP contribution in [0.25, 0.3) is 0 Å². The van der Waals surface area contributed by atoms with Crippen molar-refractivity contribution in [3.8, 4) is 0 Å². The first-order valence-electron chi connectivity index (χ1n) is 13.7. The molecule has 0 aromatic heterocycles. The number of hydrogen-bond acceptors (Lipinski definition) is 4. The maximum atomic E-state index is 12.7. The smallest absolute Gasteiger partial charge is 0.310 e. The molecule has 4 heteroatoms. The standard InChI is InChI=1S/C28H45NO3/c1-18-5-7-20(8-6-18)26(31)32-17-29-16-13-24-21-9-10-22-19(2)25(30)12-14-27(22,3)23(21)11-15-28(24,29)4/h18-24H,5-17H2,1-4H3/t18?,19?,20?,21-,22?,23-,24+,27+,28+/m1/s1. The molecule has 4 nitrogen and oxygen atoms in total. The van der Waals surface area contributed by atoms with Gasteiger partial charge >= 0.3 is 5.97 Å². The molecule has 0 radical (unpaired) electrons. The molecule has 5 aliphatic rings. The number of carbonyl (C=O) groups excluding carboxylic acids is 2. The van der Waals surface area contributed by atoms with Crippen LogP contribution in [-0.2, 0) is 14.3 Å². The van der Waals surface area contributed by atoms with Crippen molar-refractivity contribution < 1.29 is 14.3 Å². The minimum Gasteiger partial charge on any atom is -0.449 e. The van der Waals surface area contributed by atoms with Crippen molar-refractivity contribution in [1.29, 1.82) is 0 Å². The van der Waals surface area contributed by atoms with Gasteiger partial charge in [-0.05, 0) is 106 Å². The molecule has 0 bridgehead atoms. The van der Waals surface area contributed by atoms with Gasteiger partial charge < -0.3 is 4.74 Å². The lowest BCUT2D eigenvalue weighted by Gasteiger charge is -2.61. The van der Waals surface area contributed by atoms with Gasteiger partial charge in [0.2, 0.25) is 0 Å². The van der Waals surface area contributed by atoms with E-state index in [-0.39, 0.29) is 23.3 Å². The summed E-state index contributed by atoms with van der Waals surface area (Å²) in [6.07, 6.45) is 12.5. The van der Waals surface area contributed by atoms with Crippen LogP contribution in [0.4, 0.5) is 0 Å². The van der Waals surface area contributed by atoms with Crippen molar-refractivity contribution in [3.05, 3.63) is 0 Å². The molecule has 0 amide bonds. The molecule has 7 atom stereocenters. The number of hydrogen-bond donors (Lipinski definition) is 0. The molecular weight excluding hydrogens is 398 g/mol. The number of nitrogens with zero attached hydrogens (tertiary/aromatic N) is 1. The number of Topliss-reactive ketones (excluding diaryl/α,β-unsaturated/α-hetero) is 1. The summed E-state index contributed by atoms with van der Waals surface area (Å²) in [6, 6.07) is 0. The summed E-state index contributed by atoms with van der Waals surface area (Å²) in [4.78, 5) is 27.7. The van der Waals surface area contributed by atoms with E-state index < -0.39 is 0 Å². The number of carbonyl (C=O) groups is 2. The fourth-order valence-electron chi connectivity index (χ4n) is 9.26. The lowest BCUT2D eigenvalue weighted by molar-refractivity contribution is -0.162. The van der Waals surface area contributed by atoms with Crippen LogP contribution >= 0.6 is 0 Å². The highest BCUT2D eigenvalue weighted by Crippen LogP contribution is 2.64. The van der Waals surface area contributed by atoms with E-state index in [9.17, 15) is 9.59 Å². The summed E-state index contributed by atoms with van der Waals surface area (Å²) < 4.78 is 5.93. The molecule has 1 saturated heterocycles. The number of ether oxygens (including phenoxy) is 1. The van der Waals surface area contributed by atoms with Crippen molar-refractivity contribution in [1.82, 2.24) is 4.90 Å². The number of fused-ring (bicyclic) bond motifs is 5. The molecule has 1 heterocycles. The summed E-state index contributed by atoms with van der Waals surface area (Å²) in [5.74, 6) is 4.53. The molecule has 4 saturated carbocycles. The van der Waals surface area contributed by atoms with Crippen LogP contribution in [0, 0.1) is 46.8 Å². The molecule has 1 aliphatic heterocycles. The van der Waals surface area contributed by atoms with E-state index in [0.29, 0.717) is 29.8 Å². The number of rotatable bonds is 3. The van der Waals surface area contributed by atoms with Crippen LogP contribution in [-0.4, -0.2) is 35.5 Å². The monoisotopic (exact) mass is 443 g/mol. The van der Waals surface area contributed by atoms with Gasteiger partial charge in [-0.3, -0.25) is 14.5 Å². The summed E-state index contributed by atoms with van der Waals surface area (Å²) in [7, 11) is 0. The van der Waals surface area contributed by atoms with E-state index >= 15 is 0 Å². The predicted molar refractivity (Wildman–Crippen MR) is 126 cm³/mol. The van der Waals surface area contributed by atoms with Gasteiger partial charge in [-0.15, -0.1) is 0 Å². The highest BCUT2D eigenvalue weighted by atomic mass is 16.5. The number of esters is 1. The molecule has 32 heavy (non-hydrogen) atoms. The first-order valence-corrected chi connectivity index (χ1v) is 13.7. The van der Waals surface area contributed by atoms with Gasteiger partial charge in [-0.2, -0.15) is 0 Å². The van der Waals surface area contributed by atoms with Gasteiger partial charge in [-0.1, -0.05) is 20.8 Å². The van der Waals surface area contributed by atoms with Crippen LogP contribution in [0.1, 0.15) is 98.3 Å². The second-order valence-corrected chi connectivity index (χ2v) is 12.8. The first-order chi connectivity index (χ1) is 15.2. The van der Waals surface area contributed by atoms with Gasteiger partial charge in [0.05, 0.1) is 5.92 Å². The quantitative estimate of drug-likeness (QED) is 0.515. The van der Waals surface area contributed by atoms with E-state index in [2.05, 4.69) is 32.6 Å². The Hall–Kier alpha value is -0.900. The molecule has 0 aromatic carbocycles. The maximum absolute atomic E-state index is 12.7. The van der Waals surface area contributed by atoms with Crippen molar-refractivity contribution in [2.24, 2.45) is 46.8 Å². The van der Waals surface area contributed by atoms with Crippen molar-refractivity contribution in [2.75, 3.05) is 13.3 Å². The van der Waals surface area contributed by atoms with Crippen LogP contribution in [0.15, 0.2) is 0 Å². The first kappa shape index (κ1) is 22.9. The number of likely N-dealkylation sites (tertiary alicyclic amines) is 1.